The minimum Gasteiger partial charge on any atom is -0.508 e. The number of aromatic hydroxyl groups is 1. The molecule has 2 rings (SSSR count). The minimum atomic E-state index is 0.263. The highest BCUT2D eigenvalue weighted by molar-refractivity contribution is 5.99. The van der Waals surface area contributed by atoms with Crippen LogP contribution in [0.1, 0.15) is 24.5 Å². The van der Waals surface area contributed by atoms with E-state index in [4.69, 9.17) is 0 Å². The van der Waals surface area contributed by atoms with Gasteiger partial charge in [0, 0.05) is 0 Å². The van der Waals surface area contributed by atoms with Crippen LogP contribution >= 0.6 is 0 Å². The molecule has 0 fully saturated rings. The molecule has 0 aliphatic rings. The summed E-state index contributed by atoms with van der Waals surface area (Å²) in [4.78, 5) is 0. The van der Waals surface area contributed by atoms with E-state index >= 15 is 0 Å². The molecule has 2 aromatic rings. The highest BCUT2D eigenvalue weighted by Gasteiger charge is 2.13. The lowest BCUT2D eigenvalue weighted by Gasteiger charge is -2.17. The van der Waals surface area contributed by atoms with E-state index in [-0.39, 0.29) is 5.75 Å². The topological polar surface area (TPSA) is 20.2 Å². The monoisotopic (exact) mass is 302 g/mol. The van der Waals surface area contributed by atoms with E-state index < -0.39 is 0 Å². The molecular weight excluding hydrogens is 280 g/mol. The predicted molar refractivity (Wildman–Crippen MR) is 100 cm³/mol. The van der Waals surface area contributed by atoms with Crippen molar-refractivity contribution in [3.8, 4) is 5.75 Å². The third-order valence-electron chi connectivity index (χ3n) is 3.74. The summed E-state index contributed by atoms with van der Waals surface area (Å²) in [6.45, 7) is 9.91. The second kappa shape index (κ2) is 8.00. The van der Waals surface area contributed by atoms with E-state index in [9.17, 15) is 5.11 Å². The first-order valence-electron chi connectivity index (χ1n) is 7.74. The molecule has 0 radical (unpaired) electrons. The lowest BCUT2D eigenvalue weighted by molar-refractivity contribution is 0.475. The van der Waals surface area contributed by atoms with Gasteiger partial charge in [-0.2, -0.15) is 0 Å². The van der Waals surface area contributed by atoms with E-state index in [0.29, 0.717) is 0 Å². The van der Waals surface area contributed by atoms with Crippen molar-refractivity contribution in [2.24, 2.45) is 0 Å². The molecule has 0 spiro atoms. The molecule has 2 aromatic carbocycles. The van der Waals surface area contributed by atoms with Gasteiger partial charge < -0.3 is 5.11 Å². The summed E-state index contributed by atoms with van der Waals surface area (Å²) in [6, 6.07) is 17.6. The molecule has 0 bridgehead atoms. The summed E-state index contributed by atoms with van der Waals surface area (Å²) < 4.78 is 0. The van der Waals surface area contributed by atoms with Gasteiger partial charge in [-0.05, 0) is 46.4 Å². The molecule has 0 aromatic heterocycles. The zero-order valence-corrected chi connectivity index (χ0v) is 13.5. The molecule has 1 nitrogen and oxygen atoms in total. The molecule has 0 saturated carbocycles. The van der Waals surface area contributed by atoms with Crippen LogP contribution in [0.3, 0.4) is 0 Å². The standard InChI is InChI=1S/C22H22O/c1-4-10-17(5-2)22(19-13-15-20(23)16-14-19)21(6-3)18-11-8-7-9-12-18/h4-5,7-16,23H,1-2,6H2,3H3/b17-10+,22-21-. The van der Waals surface area contributed by atoms with Crippen LogP contribution < -0.4 is 0 Å². The Morgan fingerprint density at radius 3 is 2.13 bits per heavy atom. The summed E-state index contributed by atoms with van der Waals surface area (Å²) in [6.07, 6.45) is 6.48. The van der Waals surface area contributed by atoms with Gasteiger partial charge in [0.15, 0.2) is 0 Å². The van der Waals surface area contributed by atoms with Crippen LogP contribution in [0.5, 0.6) is 5.75 Å². The summed E-state index contributed by atoms with van der Waals surface area (Å²) >= 11 is 0. The van der Waals surface area contributed by atoms with E-state index in [1.807, 2.05) is 42.5 Å². The molecule has 116 valence electrons. The van der Waals surface area contributed by atoms with Gasteiger partial charge in [-0.1, -0.05) is 80.8 Å². The highest BCUT2D eigenvalue weighted by atomic mass is 16.3. The fourth-order valence-corrected chi connectivity index (χ4v) is 2.69. The van der Waals surface area contributed by atoms with E-state index in [1.165, 1.54) is 11.1 Å². The average molecular weight is 302 g/mol. The van der Waals surface area contributed by atoms with Crippen LogP contribution in [0.4, 0.5) is 0 Å². The Morgan fingerprint density at radius 2 is 1.61 bits per heavy atom. The van der Waals surface area contributed by atoms with Crippen LogP contribution in [0, 0.1) is 0 Å². The highest BCUT2D eigenvalue weighted by Crippen LogP contribution is 2.35. The summed E-state index contributed by atoms with van der Waals surface area (Å²) in [5.41, 5.74) is 5.62. The van der Waals surface area contributed by atoms with Crippen molar-refractivity contribution in [2.75, 3.05) is 0 Å². The number of benzene rings is 2. The van der Waals surface area contributed by atoms with Crippen molar-refractivity contribution in [2.45, 2.75) is 13.3 Å². The third kappa shape index (κ3) is 3.89. The maximum Gasteiger partial charge on any atom is 0.115 e. The summed E-state index contributed by atoms with van der Waals surface area (Å²) in [5.74, 6) is 0.263. The SMILES string of the molecule is C=C/C=C(C=C)/C(=C(\CC)c1ccccc1)c1ccc(O)cc1. The summed E-state index contributed by atoms with van der Waals surface area (Å²) in [7, 11) is 0. The number of hydrogen-bond donors (Lipinski definition) is 1. The van der Waals surface area contributed by atoms with Crippen LogP contribution in [0.15, 0.2) is 91.6 Å². The predicted octanol–water partition coefficient (Wildman–Crippen LogP) is 6.01. The molecule has 0 heterocycles. The number of rotatable bonds is 6. The molecule has 0 aliphatic heterocycles. The molecule has 0 atom stereocenters. The van der Waals surface area contributed by atoms with Crippen molar-refractivity contribution >= 4 is 11.1 Å². The number of phenolic OH excluding ortho intramolecular Hbond substituents is 1. The first-order valence-corrected chi connectivity index (χ1v) is 7.74. The van der Waals surface area contributed by atoms with Crippen molar-refractivity contribution in [3.63, 3.8) is 0 Å². The molecule has 23 heavy (non-hydrogen) atoms. The van der Waals surface area contributed by atoms with Crippen molar-refractivity contribution in [1.29, 1.82) is 0 Å². The van der Waals surface area contributed by atoms with Gasteiger partial charge in [0.2, 0.25) is 0 Å². The number of hydrogen-bond acceptors (Lipinski definition) is 1. The van der Waals surface area contributed by atoms with Crippen LogP contribution in [0.2, 0.25) is 0 Å². The van der Waals surface area contributed by atoms with Gasteiger partial charge in [0.1, 0.15) is 5.75 Å². The third-order valence-corrected chi connectivity index (χ3v) is 3.74. The van der Waals surface area contributed by atoms with Gasteiger partial charge in [-0.25, -0.2) is 0 Å². The smallest absolute Gasteiger partial charge is 0.115 e. The maximum absolute atomic E-state index is 9.58. The lowest BCUT2D eigenvalue weighted by atomic mass is 9.87. The maximum atomic E-state index is 9.58. The molecule has 0 saturated heterocycles. The Balaban J connectivity index is 2.76. The molecular formula is C22H22O. The quantitative estimate of drug-likeness (QED) is 0.511. The average Bonchev–Trinajstić information content (AvgIpc) is 2.60. The van der Waals surface area contributed by atoms with Gasteiger partial charge in [-0.15, -0.1) is 0 Å². The fourth-order valence-electron chi connectivity index (χ4n) is 2.69. The molecule has 1 heteroatoms. The van der Waals surface area contributed by atoms with Crippen LogP contribution in [0.25, 0.3) is 11.1 Å². The van der Waals surface area contributed by atoms with Crippen molar-refractivity contribution < 1.29 is 5.11 Å². The first-order chi connectivity index (χ1) is 11.2. The second-order valence-corrected chi connectivity index (χ2v) is 5.18. The summed E-state index contributed by atoms with van der Waals surface area (Å²) in [5, 5.41) is 9.58. The lowest BCUT2D eigenvalue weighted by Crippen LogP contribution is -1.95. The normalized spacial score (nSPS) is 12.5. The van der Waals surface area contributed by atoms with Crippen LogP contribution in [-0.2, 0) is 0 Å². The van der Waals surface area contributed by atoms with Gasteiger partial charge in [0.25, 0.3) is 0 Å². The largest absolute Gasteiger partial charge is 0.508 e. The van der Waals surface area contributed by atoms with Gasteiger partial charge in [-0.3, -0.25) is 0 Å². The van der Waals surface area contributed by atoms with Gasteiger partial charge >= 0.3 is 0 Å². The number of allylic oxidation sites excluding steroid dienone is 6. The van der Waals surface area contributed by atoms with Crippen molar-refractivity contribution in [3.05, 3.63) is 103 Å². The fraction of sp³-hybridized carbons (Fsp3) is 0.0909. The minimum absolute atomic E-state index is 0.263. The van der Waals surface area contributed by atoms with E-state index in [2.05, 4.69) is 32.2 Å². The molecule has 0 unspecified atom stereocenters. The first kappa shape index (κ1) is 16.6. The molecule has 0 amide bonds. The van der Waals surface area contributed by atoms with Crippen molar-refractivity contribution in [1.82, 2.24) is 0 Å². The Kier molecular flexibility index (Phi) is 5.76. The van der Waals surface area contributed by atoms with Crippen LogP contribution in [-0.4, -0.2) is 5.11 Å². The Labute approximate surface area is 138 Å². The van der Waals surface area contributed by atoms with Gasteiger partial charge in [0.05, 0.1) is 0 Å². The van der Waals surface area contributed by atoms with E-state index in [0.717, 1.165) is 23.1 Å². The zero-order valence-electron chi connectivity index (χ0n) is 13.5. The Bertz CT molecular complexity index is 731. The number of phenols is 1. The zero-order chi connectivity index (χ0) is 16.7. The second-order valence-electron chi connectivity index (χ2n) is 5.18. The Hall–Kier alpha value is -2.80. The Morgan fingerprint density at radius 1 is 0.957 bits per heavy atom. The molecule has 0 aliphatic carbocycles. The van der Waals surface area contributed by atoms with E-state index in [1.54, 1.807) is 18.2 Å². The molecule has 1 N–H and O–H groups in total.